The molecule has 0 saturated heterocycles. The molecule has 0 saturated carbocycles. The SMILES string of the molecule is CCc1ccc(C2Nn3c(CC)nnc3SC2C(=O)Nc2cc(Cl)ccc2C)cc1. The monoisotopic (exact) mass is 441 g/mol. The number of nitrogens with one attached hydrogen (secondary N) is 2. The second-order valence-electron chi connectivity index (χ2n) is 7.28. The average Bonchev–Trinajstić information content (AvgIpc) is 3.17. The Morgan fingerprint density at radius 2 is 1.93 bits per heavy atom. The van der Waals surface area contributed by atoms with Crippen LogP contribution in [0.5, 0.6) is 0 Å². The van der Waals surface area contributed by atoms with Crippen LogP contribution in [0, 0.1) is 6.92 Å². The number of benzene rings is 2. The lowest BCUT2D eigenvalue weighted by Crippen LogP contribution is -2.41. The molecular weight excluding hydrogens is 418 g/mol. The summed E-state index contributed by atoms with van der Waals surface area (Å²) in [5, 5.41) is 12.4. The maximum Gasteiger partial charge on any atom is 0.240 e. The molecule has 0 bridgehead atoms. The minimum Gasteiger partial charge on any atom is -0.325 e. The van der Waals surface area contributed by atoms with Gasteiger partial charge in [0, 0.05) is 17.1 Å². The number of aromatic nitrogens is 3. The Kier molecular flexibility index (Phi) is 6.01. The smallest absolute Gasteiger partial charge is 0.240 e. The largest absolute Gasteiger partial charge is 0.325 e. The van der Waals surface area contributed by atoms with E-state index in [9.17, 15) is 4.79 Å². The van der Waals surface area contributed by atoms with Gasteiger partial charge in [0.1, 0.15) is 5.25 Å². The Balaban J connectivity index is 1.68. The summed E-state index contributed by atoms with van der Waals surface area (Å²) in [6.07, 6.45) is 1.72. The predicted octanol–water partition coefficient (Wildman–Crippen LogP) is 4.76. The molecule has 0 spiro atoms. The molecule has 3 aromatic rings. The van der Waals surface area contributed by atoms with Crippen molar-refractivity contribution < 1.29 is 4.79 Å². The number of hydrogen-bond donors (Lipinski definition) is 2. The van der Waals surface area contributed by atoms with Gasteiger partial charge < -0.3 is 10.7 Å². The molecule has 2 aromatic carbocycles. The zero-order valence-electron chi connectivity index (χ0n) is 17.1. The number of hydrogen-bond acceptors (Lipinski definition) is 5. The Labute approximate surface area is 185 Å². The predicted molar refractivity (Wildman–Crippen MR) is 122 cm³/mol. The number of anilines is 1. The Hall–Kier alpha value is -2.51. The van der Waals surface area contributed by atoms with E-state index in [0.29, 0.717) is 10.2 Å². The fourth-order valence-electron chi connectivity index (χ4n) is 3.47. The molecule has 2 N–H and O–H groups in total. The van der Waals surface area contributed by atoms with Gasteiger partial charge in [-0.2, -0.15) is 0 Å². The van der Waals surface area contributed by atoms with Crippen LogP contribution in [0.1, 0.15) is 42.4 Å². The summed E-state index contributed by atoms with van der Waals surface area (Å²) in [5.41, 5.74) is 7.46. The first-order valence-electron chi connectivity index (χ1n) is 10.0. The van der Waals surface area contributed by atoms with Crippen LogP contribution in [0.25, 0.3) is 0 Å². The maximum atomic E-state index is 13.4. The van der Waals surface area contributed by atoms with Crippen LogP contribution in [0.3, 0.4) is 0 Å². The molecule has 156 valence electrons. The molecule has 1 amide bonds. The van der Waals surface area contributed by atoms with Crippen molar-refractivity contribution in [3.8, 4) is 0 Å². The molecule has 2 heterocycles. The van der Waals surface area contributed by atoms with Crippen LogP contribution in [0.2, 0.25) is 5.02 Å². The number of nitrogens with zero attached hydrogens (tertiary/aromatic N) is 3. The normalized spacial score (nSPS) is 17.9. The third-order valence-electron chi connectivity index (χ3n) is 5.28. The second kappa shape index (κ2) is 8.70. The van der Waals surface area contributed by atoms with E-state index in [4.69, 9.17) is 11.6 Å². The van der Waals surface area contributed by atoms with Gasteiger partial charge in [-0.05, 0) is 42.2 Å². The Morgan fingerprint density at radius 3 is 2.63 bits per heavy atom. The fourth-order valence-corrected chi connectivity index (χ4v) is 4.74. The van der Waals surface area contributed by atoms with Crippen molar-refractivity contribution in [2.24, 2.45) is 0 Å². The summed E-state index contributed by atoms with van der Waals surface area (Å²) in [4.78, 5) is 13.4. The van der Waals surface area contributed by atoms with Gasteiger partial charge in [-0.1, -0.05) is 67.5 Å². The zero-order chi connectivity index (χ0) is 21.3. The van der Waals surface area contributed by atoms with Crippen molar-refractivity contribution in [1.82, 2.24) is 14.9 Å². The number of amides is 1. The van der Waals surface area contributed by atoms with Crippen molar-refractivity contribution in [2.75, 3.05) is 10.7 Å². The minimum atomic E-state index is -0.419. The van der Waals surface area contributed by atoms with Gasteiger partial charge in [-0.3, -0.25) is 4.79 Å². The fraction of sp³-hybridized carbons (Fsp3) is 0.318. The number of thioether (sulfide) groups is 1. The summed E-state index contributed by atoms with van der Waals surface area (Å²) in [7, 11) is 0. The van der Waals surface area contributed by atoms with Gasteiger partial charge in [0.2, 0.25) is 11.1 Å². The lowest BCUT2D eigenvalue weighted by atomic mass is 10.0. The summed E-state index contributed by atoms with van der Waals surface area (Å²) >= 11 is 7.56. The molecule has 4 rings (SSSR count). The molecule has 1 aromatic heterocycles. The molecule has 1 aliphatic heterocycles. The minimum absolute atomic E-state index is 0.102. The molecule has 8 heteroatoms. The van der Waals surface area contributed by atoms with E-state index in [2.05, 4.69) is 52.1 Å². The highest BCUT2D eigenvalue weighted by Gasteiger charge is 2.37. The molecule has 0 aliphatic carbocycles. The van der Waals surface area contributed by atoms with Crippen LogP contribution >= 0.6 is 23.4 Å². The van der Waals surface area contributed by atoms with Gasteiger partial charge in [0.05, 0.1) is 6.04 Å². The van der Waals surface area contributed by atoms with Crippen molar-refractivity contribution >= 4 is 35.0 Å². The number of carbonyl (C=O) groups excluding carboxylic acids is 1. The third kappa shape index (κ3) is 4.04. The van der Waals surface area contributed by atoms with Crippen molar-refractivity contribution in [3.05, 3.63) is 70.0 Å². The lowest BCUT2D eigenvalue weighted by Gasteiger charge is -2.33. The van der Waals surface area contributed by atoms with Crippen molar-refractivity contribution in [2.45, 2.75) is 50.1 Å². The highest BCUT2D eigenvalue weighted by atomic mass is 35.5. The number of halogens is 1. The van der Waals surface area contributed by atoms with Crippen molar-refractivity contribution in [3.63, 3.8) is 0 Å². The van der Waals surface area contributed by atoms with Gasteiger partial charge in [0.15, 0.2) is 5.82 Å². The van der Waals surface area contributed by atoms with Crippen molar-refractivity contribution in [1.29, 1.82) is 0 Å². The number of aryl methyl sites for hydroxylation is 3. The van der Waals surface area contributed by atoms with E-state index < -0.39 is 5.25 Å². The van der Waals surface area contributed by atoms with Crippen LogP contribution in [0.15, 0.2) is 47.6 Å². The zero-order valence-corrected chi connectivity index (χ0v) is 18.7. The van der Waals surface area contributed by atoms with Crippen LogP contribution in [-0.2, 0) is 17.6 Å². The summed E-state index contributed by atoms with van der Waals surface area (Å²) in [5.74, 6) is 0.743. The molecule has 1 aliphatic rings. The quantitative estimate of drug-likeness (QED) is 0.597. The Bertz CT molecular complexity index is 1070. The molecule has 2 atom stereocenters. The highest BCUT2D eigenvalue weighted by Crippen LogP contribution is 2.38. The molecule has 2 unspecified atom stereocenters. The van der Waals surface area contributed by atoms with E-state index in [1.54, 1.807) is 6.07 Å². The van der Waals surface area contributed by atoms with Gasteiger partial charge in [0.25, 0.3) is 0 Å². The van der Waals surface area contributed by atoms with E-state index in [-0.39, 0.29) is 11.9 Å². The van der Waals surface area contributed by atoms with Crippen LogP contribution in [0.4, 0.5) is 5.69 Å². The first kappa shape index (κ1) is 20.8. The van der Waals surface area contributed by atoms with E-state index in [1.165, 1.54) is 17.3 Å². The summed E-state index contributed by atoms with van der Waals surface area (Å²) in [6.45, 7) is 6.11. The molecule has 0 fully saturated rings. The van der Waals surface area contributed by atoms with Gasteiger partial charge in [-0.15, -0.1) is 10.2 Å². The lowest BCUT2D eigenvalue weighted by molar-refractivity contribution is -0.116. The first-order chi connectivity index (χ1) is 14.5. The van der Waals surface area contributed by atoms with Gasteiger partial charge in [-0.25, -0.2) is 4.68 Å². The summed E-state index contributed by atoms with van der Waals surface area (Å²) in [6, 6.07) is 13.7. The van der Waals surface area contributed by atoms with Crippen LogP contribution in [-0.4, -0.2) is 26.0 Å². The van der Waals surface area contributed by atoms with E-state index in [0.717, 1.165) is 35.5 Å². The first-order valence-corrected chi connectivity index (χ1v) is 11.3. The number of carbonyl (C=O) groups is 1. The molecular formula is C22H24ClN5OS. The number of rotatable bonds is 5. The Morgan fingerprint density at radius 1 is 1.17 bits per heavy atom. The molecule has 0 radical (unpaired) electrons. The topological polar surface area (TPSA) is 71.8 Å². The highest BCUT2D eigenvalue weighted by molar-refractivity contribution is 8.00. The van der Waals surface area contributed by atoms with E-state index in [1.807, 2.05) is 30.7 Å². The van der Waals surface area contributed by atoms with Crippen LogP contribution < -0.4 is 10.7 Å². The third-order valence-corrected chi connectivity index (χ3v) is 6.73. The average molecular weight is 442 g/mol. The molecule has 6 nitrogen and oxygen atoms in total. The summed E-state index contributed by atoms with van der Waals surface area (Å²) < 4.78 is 1.90. The maximum absolute atomic E-state index is 13.4. The second-order valence-corrected chi connectivity index (χ2v) is 8.82. The van der Waals surface area contributed by atoms with E-state index >= 15 is 0 Å². The standard InChI is InChI=1S/C22H24ClN5OS/c1-4-14-7-9-15(10-8-14)19-20(30-22-26-25-18(5-2)28(22)27-19)21(29)24-17-12-16(23)11-6-13(17)3/h6-12,19-20,27H,4-5H2,1-3H3,(H,24,29). The number of fused-ring (bicyclic) bond motifs is 1. The molecule has 30 heavy (non-hydrogen) atoms. The van der Waals surface area contributed by atoms with Gasteiger partial charge >= 0.3 is 0 Å².